The first-order chi connectivity index (χ1) is 8.75. The average molecular weight is 265 g/mol. The predicted octanol–water partition coefficient (Wildman–Crippen LogP) is 3.44. The summed E-state index contributed by atoms with van der Waals surface area (Å²) in [4.78, 5) is 0. The third kappa shape index (κ3) is 2.05. The predicted molar refractivity (Wildman–Crippen MR) is 71.6 cm³/mol. The van der Waals surface area contributed by atoms with Gasteiger partial charge in [0.15, 0.2) is 0 Å². The molecule has 2 aromatic heterocycles. The van der Waals surface area contributed by atoms with E-state index in [9.17, 15) is 0 Å². The monoisotopic (exact) mass is 264 g/mol. The molecule has 0 saturated heterocycles. The van der Waals surface area contributed by atoms with Gasteiger partial charge in [-0.3, -0.25) is 9.36 Å². The van der Waals surface area contributed by atoms with Gasteiger partial charge in [0.2, 0.25) is 0 Å². The van der Waals surface area contributed by atoms with E-state index < -0.39 is 0 Å². The minimum Gasteiger partial charge on any atom is -0.266 e. The zero-order chi connectivity index (χ0) is 12.5. The van der Waals surface area contributed by atoms with Crippen LogP contribution in [0, 0.1) is 0 Å². The second-order valence-electron chi connectivity index (χ2n) is 4.93. The molecule has 0 aromatic carbocycles. The summed E-state index contributed by atoms with van der Waals surface area (Å²) in [6, 6.07) is 4.37. The molecule has 0 atom stereocenters. The fourth-order valence-corrected chi connectivity index (χ4v) is 2.98. The lowest BCUT2D eigenvalue weighted by Gasteiger charge is -2.22. The molecule has 2 heterocycles. The Morgan fingerprint density at radius 1 is 1.28 bits per heavy atom. The van der Waals surface area contributed by atoms with Crippen molar-refractivity contribution >= 4 is 11.6 Å². The largest absolute Gasteiger partial charge is 0.266 e. The maximum Gasteiger partial charge on any atom is 0.128 e. The Morgan fingerprint density at radius 2 is 2.06 bits per heavy atom. The highest BCUT2D eigenvalue weighted by Crippen LogP contribution is 2.32. The molecule has 0 spiro atoms. The lowest BCUT2D eigenvalue weighted by Crippen LogP contribution is -2.14. The van der Waals surface area contributed by atoms with Crippen molar-refractivity contribution in [3.05, 3.63) is 23.5 Å². The number of hydrogen-bond donors (Lipinski definition) is 0. The molecule has 1 aliphatic rings. The van der Waals surface area contributed by atoms with Gasteiger partial charge in [-0.1, -0.05) is 30.9 Å². The second-order valence-corrected chi connectivity index (χ2v) is 5.32. The van der Waals surface area contributed by atoms with Crippen LogP contribution in [0.2, 0.25) is 5.15 Å². The van der Waals surface area contributed by atoms with Crippen LogP contribution >= 0.6 is 11.6 Å². The maximum atomic E-state index is 6.32. The van der Waals surface area contributed by atoms with Crippen LogP contribution in [0.3, 0.4) is 0 Å². The van der Waals surface area contributed by atoms with Gasteiger partial charge in [0.1, 0.15) is 10.8 Å². The molecule has 1 aliphatic carbocycles. The van der Waals surface area contributed by atoms with Crippen molar-refractivity contribution in [1.29, 1.82) is 0 Å². The minimum absolute atomic E-state index is 0.466. The van der Waals surface area contributed by atoms with Crippen LogP contribution in [-0.2, 0) is 7.05 Å². The molecule has 0 amide bonds. The quantitative estimate of drug-likeness (QED) is 0.833. The zero-order valence-electron chi connectivity index (χ0n) is 10.5. The molecule has 0 N–H and O–H groups in total. The highest BCUT2D eigenvalue weighted by molar-refractivity contribution is 6.29. The van der Waals surface area contributed by atoms with E-state index in [-0.39, 0.29) is 0 Å². The topological polar surface area (TPSA) is 35.6 Å². The molecular weight excluding hydrogens is 248 g/mol. The molecule has 1 fully saturated rings. The van der Waals surface area contributed by atoms with E-state index in [4.69, 9.17) is 11.6 Å². The number of halogens is 1. The van der Waals surface area contributed by atoms with E-state index >= 15 is 0 Å². The summed E-state index contributed by atoms with van der Waals surface area (Å²) in [6.07, 6.45) is 8.05. The van der Waals surface area contributed by atoms with Gasteiger partial charge in [-0.25, -0.2) is 0 Å². The van der Waals surface area contributed by atoms with Crippen LogP contribution in [0.5, 0.6) is 0 Å². The molecule has 96 valence electrons. The SMILES string of the molecule is Cn1nccc1-c1cc(Cl)n(C2CCCCC2)n1. The van der Waals surface area contributed by atoms with Crippen LogP contribution in [-0.4, -0.2) is 19.6 Å². The average Bonchev–Trinajstić information content (AvgIpc) is 2.96. The van der Waals surface area contributed by atoms with E-state index in [1.165, 1.54) is 32.1 Å². The minimum atomic E-state index is 0.466. The number of hydrogen-bond acceptors (Lipinski definition) is 2. The number of nitrogens with zero attached hydrogens (tertiary/aromatic N) is 4. The summed E-state index contributed by atoms with van der Waals surface area (Å²) >= 11 is 6.32. The third-order valence-corrected chi connectivity index (χ3v) is 3.98. The summed E-state index contributed by atoms with van der Waals surface area (Å²) in [6.45, 7) is 0. The van der Waals surface area contributed by atoms with Gasteiger partial charge >= 0.3 is 0 Å². The molecular formula is C13H17ClN4. The number of aryl methyl sites for hydroxylation is 1. The lowest BCUT2D eigenvalue weighted by atomic mass is 9.96. The highest BCUT2D eigenvalue weighted by atomic mass is 35.5. The molecule has 0 bridgehead atoms. The Hall–Kier alpha value is -1.29. The van der Waals surface area contributed by atoms with Gasteiger partial charge < -0.3 is 0 Å². The summed E-state index contributed by atoms with van der Waals surface area (Å²) < 4.78 is 3.81. The number of aromatic nitrogens is 4. The van der Waals surface area contributed by atoms with Crippen molar-refractivity contribution in [2.45, 2.75) is 38.1 Å². The molecule has 0 unspecified atom stereocenters. The van der Waals surface area contributed by atoms with Gasteiger partial charge in [-0.2, -0.15) is 10.2 Å². The Balaban J connectivity index is 1.93. The van der Waals surface area contributed by atoms with Gasteiger partial charge in [0.25, 0.3) is 0 Å². The molecule has 5 heteroatoms. The summed E-state index contributed by atoms with van der Waals surface area (Å²) in [7, 11) is 1.92. The summed E-state index contributed by atoms with van der Waals surface area (Å²) in [5.74, 6) is 0. The van der Waals surface area contributed by atoms with Crippen molar-refractivity contribution in [2.24, 2.45) is 7.05 Å². The van der Waals surface area contributed by atoms with E-state index in [0.717, 1.165) is 16.5 Å². The van der Waals surface area contributed by atoms with Crippen LogP contribution in [0.15, 0.2) is 18.3 Å². The smallest absolute Gasteiger partial charge is 0.128 e. The fourth-order valence-electron chi connectivity index (χ4n) is 2.70. The van der Waals surface area contributed by atoms with Crippen molar-refractivity contribution in [3.8, 4) is 11.4 Å². The third-order valence-electron chi connectivity index (χ3n) is 3.69. The standard InChI is InChI=1S/C13H17ClN4/c1-17-12(7-8-15-17)11-9-13(14)18(16-11)10-5-3-2-4-6-10/h7-10H,2-6H2,1H3. The van der Waals surface area contributed by atoms with E-state index in [2.05, 4.69) is 10.2 Å². The highest BCUT2D eigenvalue weighted by Gasteiger charge is 2.20. The Kier molecular flexibility index (Phi) is 3.12. The van der Waals surface area contributed by atoms with Crippen molar-refractivity contribution < 1.29 is 0 Å². The summed E-state index contributed by atoms with van der Waals surface area (Å²) in [5, 5.41) is 9.56. The number of rotatable bonds is 2. The molecule has 3 rings (SSSR count). The molecule has 0 aliphatic heterocycles. The van der Waals surface area contributed by atoms with Gasteiger partial charge in [-0.05, 0) is 18.9 Å². The van der Waals surface area contributed by atoms with Gasteiger partial charge in [-0.15, -0.1) is 0 Å². The zero-order valence-corrected chi connectivity index (χ0v) is 11.3. The lowest BCUT2D eigenvalue weighted by molar-refractivity contribution is 0.330. The Labute approximate surface area is 112 Å². The molecule has 1 saturated carbocycles. The summed E-state index contributed by atoms with van der Waals surface area (Å²) in [5.41, 5.74) is 1.91. The first-order valence-corrected chi connectivity index (χ1v) is 6.87. The van der Waals surface area contributed by atoms with Crippen LogP contribution in [0.1, 0.15) is 38.1 Å². The molecule has 4 nitrogen and oxygen atoms in total. The Morgan fingerprint density at radius 3 is 2.72 bits per heavy atom. The van der Waals surface area contributed by atoms with E-state index in [1.54, 1.807) is 6.20 Å². The van der Waals surface area contributed by atoms with Gasteiger partial charge in [0, 0.05) is 19.3 Å². The molecule has 18 heavy (non-hydrogen) atoms. The van der Waals surface area contributed by atoms with Crippen molar-refractivity contribution in [1.82, 2.24) is 19.6 Å². The molecule has 0 radical (unpaired) electrons. The van der Waals surface area contributed by atoms with Crippen LogP contribution in [0.25, 0.3) is 11.4 Å². The maximum absolute atomic E-state index is 6.32. The van der Waals surface area contributed by atoms with Crippen molar-refractivity contribution in [3.63, 3.8) is 0 Å². The van der Waals surface area contributed by atoms with Crippen LogP contribution in [0.4, 0.5) is 0 Å². The van der Waals surface area contributed by atoms with E-state index in [0.29, 0.717) is 6.04 Å². The first-order valence-electron chi connectivity index (χ1n) is 6.49. The van der Waals surface area contributed by atoms with Crippen molar-refractivity contribution in [2.75, 3.05) is 0 Å². The molecule has 2 aromatic rings. The Bertz CT molecular complexity index is 537. The van der Waals surface area contributed by atoms with Gasteiger partial charge in [0.05, 0.1) is 11.7 Å². The fraction of sp³-hybridized carbons (Fsp3) is 0.538. The normalized spacial score (nSPS) is 17.2. The van der Waals surface area contributed by atoms with Crippen LogP contribution < -0.4 is 0 Å². The first kappa shape index (κ1) is 11.8. The second kappa shape index (κ2) is 4.76. The van der Waals surface area contributed by atoms with E-state index in [1.807, 2.05) is 28.5 Å².